The van der Waals surface area contributed by atoms with Crippen molar-refractivity contribution in [1.29, 1.82) is 0 Å². The highest BCUT2D eigenvalue weighted by Gasteiger charge is 2.63. The number of methoxy groups -OCH3 is 1. The Labute approximate surface area is 89.2 Å². The van der Waals surface area contributed by atoms with E-state index in [-0.39, 0.29) is 6.10 Å². The van der Waals surface area contributed by atoms with Crippen LogP contribution in [0.5, 0.6) is 0 Å². The lowest BCUT2D eigenvalue weighted by atomic mass is 9.56. The van der Waals surface area contributed by atoms with Gasteiger partial charge in [0.15, 0.2) is 0 Å². The minimum absolute atomic E-state index is 0.00530. The summed E-state index contributed by atoms with van der Waals surface area (Å²) >= 11 is 0. The molecule has 0 radical (unpaired) electrons. The topological polar surface area (TPSA) is 66.8 Å². The molecule has 2 rings (SSSR count). The third-order valence-corrected chi connectivity index (χ3v) is 4.22. The van der Waals surface area contributed by atoms with Gasteiger partial charge in [0.2, 0.25) is 0 Å². The molecular weight excluding hydrogens is 196 g/mol. The number of hydrogen-bond donors (Lipinski definition) is 2. The maximum atomic E-state index is 11.3. The van der Waals surface area contributed by atoms with Crippen molar-refractivity contribution in [2.24, 2.45) is 5.41 Å². The van der Waals surface area contributed by atoms with E-state index in [1.165, 1.54) is 0 Å². The Balaban J connectivity index is 2.18. The molecule has 0 amide bonds. The van der Waals surface area contributed by atoms with Gasteiger partial charge in [0.05, 0.1) is 11.7 Å². The van der Waals surface area contributed by atoms with E-state index in [1.54, 1.807) is 7.11 Å². The van der Waals surface area contributed by atoms with Crippen LogP contribution < -0.4 is 0 Å². The maximum absolute atomic E-state index is 11.3. The number of carboxylic acid groups (broad SMARTS) is 1. The molecular formula is C11H18O4. The van der Waals surface area contributed by atoms with Gasteiger partial charge in [-0.15, -0.1) is 0 Å². The first kappa shape index (κ1) is 10.9. The Hall–Kier alpha value is -0.610. The number of rotatable bonds is 3. The molecule has 0 saturated heterocycles. The molecule has 0 aromatic heterocycles. The molecule has 2 aliphatic rings. The minimum atomic E-state index is -0.992. The molecule has 2 saturated carbocycles. The molecule has 0 bridgehead atoms. The van der Waals surface area contributed by atoms with Crippen molar-refractivity contribution in [3.05, 3.63) is 0 Å². The van der Waals surface area contributed by atoms with Crippen molar-refractivity contribution in [2.45, 2.75) is 50.2 Å². The Morgan fingerprint density at radius 1 is 1.33 bits per heavy atom. The smallest absolute Gasteiger partial charge is 0.312 e. The summed E-state index contributed by atoms with van der Waals surface area (Å²) in [7, 11) is 1.59. The molecule has 0 aliphatic heterocycles. The molecule has 0 aromatic rings. The van der Waals surface area contributed by atoms with Crippen molar-refractivity contribution in [3.8, 4) is 0 Å². The van der Waals surface area contributed by atoms with E-state index in [4.69, 9.17) is 4.74 Å². The van der Waals surface area contributed by atoms with Gasteiger partial charge in [0, 0.05) is 7.11 Å². The average molecular weight is 214 g/mol. The first-order valence-electron chi connectivity index (χ1n) is 5.53. The van der Waals surface area contributed by atoms with Crippen LogP contribution in [-0.4, -0.2) is 35.0 Å². The van der Waals surface area contributed by atoms with E-state index in [9.17, 15) is 15.0 Å². The van der Waals surface area contributed by atoms with Gasteiger partial charge in [0.1, 0.15) is 5.41 Å². The fourth-order valence-electron chi connectivity index (χ4n) is 3.08. The van der Waals surface area contributed by atoms with Crippen LogP contribution >= 0.6 is 0 Å². The van der Waals surface area contributed by atoms with Crippen LogP contribution in [0.4, 0.5) is 0 Å². The minimum Gasteiger partial charge on any atom is -0.481 e. The van der Waals surface area contributed by atoms with E-state index in [0.29, 0.717) is 25.7 Å². The van der Waals surface area contributed by atoms with Crippen LogP contribution in [0.15, 0.2) is 0 Å². The molecule has 2 N–H and O–H groups in total. The summed E-state index contributed by atoms with van der Waals surface area (Å²) in [5.41, 5.74) is -1.93. The van der Waals surface area contributed by atoms with Gasteiger partial charge in [-0.3, -0.25) is 4.79 Å². The molecule has 0 atom stereocenters. The first-order chi connectivity index (χ1) is 7.04. The van der Waals surface area contributed by atoms with Crippen molar-refractivity contribution >= 4 is 5.97 Å². The van der Waals surface area contributed by atoms with Crippen LogP contribution in [0, 0.1) is 5.41 Å². The average Bonchev–Trinajstić information content (AvgIpc) is 2.51. The third kappa shape index (κ3) is 1.39. The maximum Gasteiger partial charge on any atom is 0.312 e. The Morgan fingerprint density at radius 2 is 1.87 bits per heavy atom. The van der Waals surface area contributed by atoms with Crippen LogP contribution in [0.3, 0.4) is 0 Å². The molecule has 2 fully saturated rings. The van der Waals surface area contributed by atoms with Gasteiger partial charge in [0.25, 0.3) is 0 Å². The third-order valence-electron chi connectivity index (χ3n) is 4.22. The standard InChI is InChI=1S/C11H18O4/c1-15-8-6-10(7-8,9(12)13)11(14)4-2-3-5-11/h8,14H,2-7H2,1H3,(H,12,13). The number of aliphatic hydroxyl groups is 1. The molecule has 0 spiro atoms. The highest BCUT2D eigenvalue weighted by molar-refractivity contribution is 5.78. The lowest BCUT2D eigenvalue weighted by molar-refractivity contribution is -0.204. The normalized spacial score (nSPS) is 38.7. The highest BCUT2D eigenvalue weighted by atomic mass is 16.5. The zero-order chi connectivity index (χ0) is 11.1. The van der Waals surface area contributed by atoms with E-state index in [0.717, 1.165) is 12.8 Å². The summed E-state index contributed by atoms with van der Waals surface area (Å²) in [6, 6.07) is 0. The second-order valence-electron chi connectivity index (χ2n) is 4.89. The van der Waals surface area contributed by atoms with Gasteiger partial charge in [-0.25, -0.2) is 0 Å². The zero-order valence-corrected chi connectivity index (χ0v) is 9.03. The molecule has 0 aromatic carbocycles. The molecule has 4 heteroatoms. The Kier molecular flexibility index (Phi) is 2.51. The number of ether oxygens (including phenoxy) is 1. The quantitative estimate of drug-likeness (QED) is 0.740. The molecule has 86 valence electrons. The Bertz CT molecular complexity index is 262. The van der Waals surface area contributed by atoms with Gasteiger partial charge >= 0.3 is 5.97 Å². The molecule has 0 heterocycles. The number of hydrogen-bond acceptors (Lipinski definition) is 3. The fraction of sp³-hybridized carbons (Fsp3) is 0.909. The first-order valence-corrected chi connectivity index (χ1v) is 5.53. The van der Waals surface area contributed by atoms with Crippen LogP contribution in [0.2, 0.25) is 0 Å². The highest BCUT2D eigenvalue weighted by Crippen LogP contribution is 2.56. The summed E-state index contributed by atoms with van der Waals surface area (Å²) in [5.74, 6) is -0.861. The fourth-order valence-corrected chi connectivity index (χ4v) is 3.08. The van der Waals surface area contributed by atoms with Crippen LogP contribution in [0.1, 0.15) is 38.5 Å². The van der Waals surface area contributed by atoms with Gasteiger partial charge < -0.3 is 14.9 Å². The monoisotopic (exact) mass is 214 g/mol. The van der Waals surface area contributed by atoms with E-state index >= 15 is 0 Å². The number of carbonyl (C=O) groups is 1. The van der Waals surface area contributed by atoms with E-state index in [1.807, 2.05) is 0 Å². The zero-order valence-electron chi connectivity index (χ0n) is 9.03. The SMILES string of the molecule is COC1CC(C(=O)O)(C2(O)CCCC2)C1. The summed E-state index contributed by atoms with van der Waals surface area (Å²) in [4.78, 5) is 11.3. The second kappa shape index (κ2) is 3.46. The van der Waals surface area contributed by atoms with Crippen molar-refractivity contribution in [3.63, 3.8) is 0 Å². The molecule has 4 nitrogen and oxygen atoms in total. The second-order valence-corrected chi connectivity index (χ2v) is 4.89. The van der Waals surface area contributed by atoms with Crippen molar-refractivity contribution in [1.82, 2.24) is 0 Å². The summed E-state index contributed by atoms with van der Waals surface area (Å²) < 4.78 is 5.12. The molecule has 0 unspecified atom stereocenters. The summed E-state index contributed by atoms with van der Waals surface area (Å²) in [6.45, 7) is 0. The largest absolute Gasteiger partial charge is 0.481 e. The predicted molar refractivity (Wildman–Crippen MR) is 53.5 cm³/mol. The van der Waals surface area contributed by atoms with Crippen LogP contribution in [-0.2, 0) is 9.53 Å². The van der Waals surface area contributed by atoms with E-state index in [2.05, 4.69) is 0 Å². The lowest BCUT2D eigenvalue weighted by Gasteiger charge is -2.51. The Morgan fingerprint density at radius 3 is 2.27 bits per heavy atom. The van der Waals surface area contributed by atoms with Gasteiger partial charge in [-0.2, -0.15) is 0 Å². The van der Waals surface area contributed by atoms with Crippen molar-refractivity contribution in [2.75, 3.05) is 7.11 Å². The molecule has 2 aliphatic carbocycles. The van der Waals surface area contributed by atoms with E-state index < -0.39 is 17.0 Å². The molecule has 15 heavy (non-hydrogen) atoms. The number of carboxylic acids is 1. The summed E-state index contributed by atoms with van der Waals surface area (Å²) in [5, 5.41) is 19.7. The summed E-state index contributed by atoms with van der Waals surface area (Å²) in [6.07, 6.45) is 4.02. The van der Waals surface area contributed by atoms with Crippen LogP contribution in [0.25, 0.3) is 0 Å². The lowest BCUT2D eigenvalue weighted by Crippen LogP contribution is -2.61. The predicted octanol–water partition coefficient (Wildman–Crippen LogP) is 1.17. The van der Waals surface area contributed by atoms with Crippen molar-refractivity contribution < 1.29 is 19.7 Å². The van der Waals surface area contributed by atoms with Gasteiger partial charge in [-0.1, -0.05) is 12.8 Å². The van der Waals surface area contributed by atoms with Gasteiger partial charge in [-0.05, 0) is 25.7 Å². The number of aliphatic carboxylic acids is 1.